The van der Waals surface area contributed by atoms with E-state index in [2.05, 4.69) is 335 Å². The number of hydrogen-bond donors (Lipinski definition) is 4. The van der Waals surface area contributed by atoms with Crippen molar-refractivity contribution in [3.63, 3.8) is 0 Å². The molecule has 0 saturated heterocycles. The Balaban J connectivity index is 0.000000156. The third-order valence-electron chi connectivity index (χ3n) is 23.9. The molecule has 0 bridgehead atoms. The number of carbonyl (C=O) groups excluding carboxylic acids is 3. The van der Waals surface area contributed by atoms with Gasteiger partial charge in [-0.15, -0.1) is 12.4 Å². The SMILES string of the molecule is Brc1cc(Br)cc(-c2cc(-c3ccccc3)nc(-c3ccccc3)n2)c1.CC(=O)c1ccccc1.Cl.N=C(N)c1ccccc1.N[C@@H]1CCCC[C@H]1N.O=C(/C=C/c1cc(Br)cc(Br)c1)c1ccccc1.O=Cc1cc(Br)cc(Br)c1.[H-].[K+].c1ccc(-c2cc(-c3cc(-n4c5ccccc5c5ccccc54)cc(-n4c5ccccc5c5ccccc54)c3)nc(-c3ccccc3)n2)cc1.c1ccc2c(c1)Cc1ccccc1-2. The van der Waals surface area contributed by atoms with E-state index in [-0.39, 0.29) is 94.7 Å². The number of nitrogens with two attached hydrogens (primary N) is 3. The summed E-state index contributed by atoms with van der Waals surface area (Å²) >= 11 is 20.5. The van der Waals surface area contributed by atoms with Crippen LogP contribution in [-0.2, 0) is 6.42 Å². The largest absolute Gasteiger partial charge is 1.00 e. The fraction of sp³-hybridized carbons (Fsp3) is 0.0645. The molecule has 0 aliphatic heterocycles. The number of carbonyl (C=O) groups is 3. The van der Waals surface area contributed by atoms with E-state index in [9.17, 15) is 14.4 Å². The number of para-hydroxylation sites is 4. The molecule has 0 amide bonds. The van der Waals surface area contributed by atoms with E-state index in [0.717, 1.165) is 164 Å². The van der Waals surface area contributed by atoms with Crippen LogP contribution < -0.4 is 68.6 Å². The van der Waals surface area contributed by atoms with Gasteiger partial charge >= 0.3 is 51.4 Å². The fourth-order valence-electron chi connectivity index (χ4n) is 17.0. The minimum absolute atomic E-state index is 0. The number of rotatable bonds is 14. The van der Waals surface area contributed by atoms with E-state index >= 15 is 0 Å². The van der Waals surface area contributed by atoms with E-state index in [0.29, 0.717) is 17.0 Å². The molecule has 0 radical (unpaired) electrons. The van der Waals surface area contributed by atoms with E-state index in [1.165, 1.54) is 56.6 Å². The van der Waals surface area contributed by atoms with Gasteiger partial charge in [0.2, 0.25) is 0 Å². The monoisotopic (exact) mass is 2320 g/mol. The number of fused-ring (bicyclic) bond motifs is 9. The summed E-state index contributed by atoms with van der Waals surface area (Å²) < 4.78 is 10.6. The van der Waals surface area contributed by atoms with E-state index < -0.39 is 0 Å². The molecule has 23 rings (SSSR count). The summed E-state index contributed by atoms with van der Waals surface area (Å²) in [5.41, 5.74) is 42.6. The van der Waals surface area contributed by atoms with Crippen LogP contribution in [0.15, 0.2) is 476 Å². The van der Waals surface area contributed by atoms with Gasteiger partial charge in [0.1, 0.15) is 12.1 Å². The molecule has 17 aromatic carbocycles. The van der Waals surface area contributed by atoms with Crippen molar-refractivity contribution in [1.82, 2.24) is 29.1 Å². The Hall–Kier alpha value is -12.6. The van der Waals surface area contributed by atoms with Gasteiger partial charge in [0, 0.05) is 127 Å². The summed E-state index contributed by atoms with van der Waals surface area (Å²) in [5.74, 6) is 1.67. The molecule has 0 spiro atoms. The number of halogens is 7. The van der Waals surface area contributed by atoms with Crippen LogP contribution in [0, 0.1) is 5.41 Å². The average Bonchev–Trinajstić information content (AvgIpc) is 1.35. The van der Waals surface area contributed by atoms with Crippen LogP contribution in [-0.4, -0.2) is 64.8 Å². The van der Waals surface area contributed by atoms with Crippen molar-refractivity contribution in [3.05, 3.63) is 515 Å². The van der Waals surface area contributed by atoms with Crippen LogP contribution in [0.1, 0.15) is 87.4 Å². The number of hydrogen-bond acceptors (Lipinski definition) is 10. The van der Waals surface area contributed by atoms with Crippen molar-refractivity contribution in [3.8, 4) is 90.3 Å². The number of nitrogens with zero attached hydrogens (tertiary/aromatic N) is 6. The zero-order valence-electron chi connectivity index (χ0n) is 80.4. The van der Waals surface area contributed by atoms with E-state index in [1.807, 2.05) is 206 Å². The molecule has 7 N–H and O–H groups in total. The Morgan fingerprint density at radius 3 is 0.959 bits per heavy atom. The Morgan fingerprint density at radius 2 is 0.628 bits per heavy atom. The smallest absolute Gasteiger partial charge is 1.00 e. The van der Waals surface area contributed by atoms with Crippen molar-refractivity contribution in [2.24, 2.45) is 17.2 Å². The summed E-state index contributed by atoms with van der Waals surface area (Å²) in [7, 11) is 0. The standard InChI is InChI=1S/C46H30N4.C22H14Br2N2.C15H10Br2O.C13H10.C8H8O.C7H4Br2O.C7H8N2.C6H14N2.ClH.K.H/c1-3-15-31(16-4-1)40-30-41(48-46(47-40)32-17-5-2-6-18-32)33-27-34(49-42-23-11-7-19-36(42)37-20-8-12-24-43(37)49)29-35(28-33)50-44-25-13-9-21-38(44)39-22-10-14-26-45(39)50;23-18-11-17(12-19(24)13-18)21-14-20(15-7-3-1-4-8-15)25-22(26-21)16-9-5-2-6-10-16;16-13-8-11(9-14(17)10-13)6-7-15(18)12-4-2-1-3-5-12;1-3-7-12-10(5-1)9-11-6-2-4-8-13(11)12;1-7(9)8-5-3-2-4-6-8;8-6-1-5(4-10)2-7(9)3-6;8-7(9)6-4-2-1-3-5-6;7-5-3-1-2-4-6(5)8;;;/h1-30H;1-14H;1-10H;1-8H,9H2;2-6H,1H3;1-4H;1-5H,(H3,8,9);5-6H,1-4,7-8H2;1H;;/q;;;;;;;;;+1;-1/b;;7-6+;;;;;;;;/t;;;;;;;5-,6-;;;/m.......1.../s1. The van der Waals surface area contributed by atoms with Crippen molar-refractivity contribution in [2.75, 3.05) is 0 Å². The molecule has 1 saturated carbocycles. The second-order valence-electron chi connectivity index (χ2n) is 33.9. The topological polar surface area (TPSA) is 215 Å². The first-order valence-electron chi connectivity index (χ1n) is 46.6. The first kappa shape index (κ1) is 108. The fourth-order valence-corrected chi connectivity index (χ4v) is 20.9. The summed E-state index contributed by atoms with van der Waals surface area (Å²) in [5, 5.41) is 11.9. The normalized spacial score (nSPS) is 12.3. The van der Waals surface area contributed by atoms with Crippen LogP contribution in [0.3, 0.4) is 0 Å². The van der Waals surface area contributed by atoms with Crippen molar-refractivity contribution in [1.29, 1.82) is 5.41 Å². The number of ketones is 2. The second kappa shape index (κ2) is 53.5. The Labute approximate surface area is 945 Å². The van der Waals surface area contributed by atoms with Gasteiger partial charge in [0.15, 0.2) is 23.2 Å². The minimum atomic E-state index is 0. The van der Waals surface area contributed by atoms with E-state index in [4.69, 9.17) is 42.5 Å². The first-order chi connectivity index (χ1) is 69.7. The zero-order valence-corrected chi connectivity index (χ0v) is 92.8. The zero-order chi connectivity index (χ0) is 99.5. The molecule has 0 unspecified atom stereocenters. The number of benzene rings is 17. The number of amidine groups is 1. The average molecular weight is 2330 g/mol. The molecule has 2 atom stereocenters. The van der Waals surface area contributed by atoms with E-state index in [1.54, 1.807) is 25.1 Å². The molecule has 4 aromatic heterocycles. The number of nitrogen functional groups attached to an aromatic ring is 1. The van der Waals surface area contributed by atoms with Gasteiger partial charge in [-0.05, 0) is 169 Å². The van der Waals surface area contributed by atoms with Crippen LogP contribution in [0.25, 0.3) is 140 Å². The Kier molecular flexibility index (Phi) is 39.9. The number of nitrogens with one attached hydrogen (secondary N) is 1. The van der Waals surface area contributed by atoms with Gasteiger partial charge in [-0.2, -0.15) is 0 Å². The minimum Gasteiger partial charge on any atom is -1.00 e. The molecule has 1 fully saturated rings. The summed E-state index contributed by atoms with van der Waals surface area (Å²) in [6.45, 7) is 1.56. The maximum atomic E-state index is 11.9. The van der Waals surface area contributed by atoms with Gasteiger partial charge in [-0.3, -0.25) is 19.8 Å². The first-order valence-corrected chi connectivity index (χ1v) is 51.3. The number of aldehydes is 1. The van der Waals surface area contributed by atoms with Crippen LogP contribution >= 0.6 is 108 Å². The molecule has 13 nitrogen and oxygen atoms in total. The van der Waals surface area contributed by atoms with Gasteiger partial charge in [0.25, 0.3) is 0 Å². The summed E-state index contributed by atoms with van der Waals surface area (Å²) in [6.07, 6.45) is 10.1. The summed E-state index contributed by atoms with van der Waals surface area (Å²) in [4.78, 5) is 52.8. The van der Waals surface area contributed by atoms with Gasteiger partial charge in [-0.25, -0.2) is 19.9 Å². The molecular formula is C124H100Br6ClKN10O3. The number of aromatic nitrogens is 6. The van der Waals surface area contributed by atoms with Crippen LogP contribution in [0.4, 0.5) is 0 Å². The Morgan fingerprint density at radius 1 is 0.338 bits per heavy atom. The molecule has 2 aliphatic rings. The predicted octanol–water partition coefficient (Wildman–Crippen LogP) is 30.7. The van der Waals surface area contributed by atoms with Gasteiger partial charge in [0.05, 0.1) is 44.8 Å². The predicted molar refractivity (Wildman–Crippen MR) is 621 cm³/mol. The summed E-state index contributed by atoms with van der Waals surface area (Å²) in [6, 6.07) is 150. The molecular weight excluding hydrogens is 2230 g/mol. The van der Waals surface area contributed by atoms with Crippen molar-refractivity contribution >= 4 is 181 Å². The third-order valence-corrected chi connectivity index (χ3v) is 26.7. The molecule has 4 heterocycles. The maximum Gasteiger partial charge on any atom is 1.00 e. The Bertz CT molecular complexity index is 7550. The van der Waals surface area contributed by atoms with Crippen molar-refractivity contribution in [2.45, 2.75) is 51.1 Å². The molecule has 145 heavy (non-hydrogen) atoms. The van der Waals surface area contributed by atoms with Crippen LogP contribution in [0.5, 0.6) is 0 Å². The maximum absolute atomic E-state index is 11.9. The number of allylic oxidation sites excluding steroid dienone is 1. The van der Waals surface area contributed by atoms with Gasteiger partial charge < -0.3 is 27.8 Å². The van der Waals surface area contributed by atoms with Crippen molar-refractivity contribution < 1.29 is 67.2 Å². The quantitative estimate of drug-likeness (QED) is 0.0202. The van der Waals surface area contributed by atoms with Gasteiger partial charge in [-0.1, -0.05) is 448 Å². The molecule has 21 heteroatoms. The molecule has 2 aliphatic carbocycles. The molecule has 21 aromatic rings. The number of Topliss-reactive ketones (excluding diaryl/α,β-unsaturated/α-hetero) is 1. The van der Waals surface area contributed by atoms with Crippen LogP contribution in [0.2, 0.25) is 0 Å². The third kappa shape index (κ3) is 29.0. The second-order valence-corrected chi connectivity index (χ2v) is 39.4. The molecule has 714 valence electrons.